The van der Waals surface area contributed by atoms with E-state index in [9.17, 15) is 14.4 Å². The number of methoxy groups -OCH3 is 1. The Hall–Kier alpha value is -3.98. The Balaban J connectivity index is 1.59. The van der Waals surface area contributed by atoms with Crippen molar-refractivity contribution in [3.8, 4) is 5.75 Å². The molecule has 2 aromatic carbocycles. The van der Waals surface area contributed by atoms with Gasteiger partial charge in [-0.2, -0.15) is 0 Å². The van der Waals surface area contributed by atoms with Crippen LogP contribution in [-0.4, -0.2) is 28.5 Å². The molecule has 2 aromatic heterocycles. The molecule has 1 atom stereocenters. The molecule has 4 rings (SSSR count). The number of aryl methyl sites for hydroxylation is 1. The summed E-state index contributed by atoms with van der Waals surface area (Å²) in [6.45, 7) is 3.39. The standard InChI is InChI=1S/C25H23N3O5S/c1-15-20-23(34-21(15)22(29)27-18-11-7-8-12-19(18)32-3)26-14-28(24(20)30)16(2)25(31)33-13-17-9-5-4-6-10-17/h4-12,14,16H,13H2,1-3H3,(H,27,29). The van der Waals surface area contributed by atoms with Gasteiger partial charge in [-0.05, 0) is 37.1 Å². The zero-order valence-corrected chi connectivity index (χ0v) is 19.7. The number of fused-ring (bicyclic) bond motifs is 1. The van der Waals surface area contributed by atoms with Gasteiger partial charge >= 0.3 is 5.97 Å². The highest BCUT2D eigenvalue weighted by molar-refractivity contribution is 7.20. The zero-order chi connectivity index (χ0) is 24.2. The minimum atomic E-state index is -0.877. The molecular weight excluding hydrogens is 454 g/mol. The number of anilines is 1. The lowest BCUT2D eigenvalue weighted by atomic mass is 10.2. The smallest absolute Gasteiger partial charge is 0.329 e. The van der Waals surface area contributed by atoms with Crippen molar-refractivity contribution >= 4 is 39.1 Å². The maximum absolute atomic E-state index is 13.2. The van der Waals surface area contributed by atoms with Gasteiger partial charge in [0.1, 0.15) is 23.2 Å². The molecule has 0 fully saturated rings. The number of thiophene rings is 1. The summed E-state index contributed by atoms with van der Waals surface area (Å²) in [6.07, 6.45) is 1.32. The van der Waals surface area contributed by atoms with Crippen molar-refractivity contribution in [1.82, 2.24) is 9.55 Å². The SMILES string of the molecule is COc1ccccc1NC(=O)c1sc2ncn(C(C)C(=O)OCc3ccccc3)c(=O)c2c1C. The molecule has 2 heterocycles. The van der Waals surface area contributed by atoms with Gasteiger partial charge in [0, 0.05) is 0 Å². The Kier molecular flexibility index (Phi) is 6.74. The average Bonchev–Trinajstić information content (AvgIpc) is 3.20. The third-order valence-electron chi connectivity index (χ3n) is 5.42. The van der Waals surface area contributed by atoms with Crippen LogP contribution in [0, 0.1) is 6.92 Å². The largest absolute Gasteiger partial charge is 0.495 e. The third kappa shape index (κ3) is 4.55. The summed E-state index contributed by atoms with van der Waals surface area (Å²) in [5.74, 6) is -0.390. The monoisotopic (exact) mass is 477 g/mol. The Morgan fingerprint density at radius 3 is 2.56 bits per heavy atom. The summed E-state index contributed by atoms with van der Waals surface area (Å²) in [4.78, 5) is 43.9. The maximum atomic E-state index is 13.2. The highest BCUT2D eigenvalue weighted by Crippen LogP contribution is 2.30. The van der Waals surface area contributed by atoms with Crippen LogP contribution in [0.2, 0.25) is 0 Å². The number of carbonyl (C=O) groups excluding carboxylic acids is 2. The predicted molar refractivity (Wildman–Crippen MR) is 131 cm³/mol. The van der Waals surface area contributed by atoms with E-state index < -0.39 is 17.6 Å². The number of ether oxygens (including phenoxy) is 2. The summed E-state index contributed by atoms with van der Waals surface area (Å²) in [5.41, 5.74) is 1.47. The van der Waals surface area contributed by atoms with Crippen molar-refractivity contribution in [2.75, 3.05) is 12.4 Å². The van der Waals surface area contributed by atoms with E-state index in [-0.39, 0.29) is 12.5 Å². The van der Waals surface area contributed by atoms with Gasteiger partial charge in [-0.25, -0.2) is 9.78 Å². The van der Waals surface area contributed by atoms with E-state index in [1.165, 1.54) is 18.0 Å². The number of hydrogen-bond donors (Lipinski definition) is 1. The van der Waals surface area contributed by atoms with Gasteiger partial charge in [-0.15, -0.1) is 11.3 Å². The van der Waals surface area contributed by atoms with Crippen LogP contribution in [0.5, 0.6) is 5.75 Å². The fourth-order valence-electron chi connectivity index (χ4n) is 3.52. The van der Waals surface area contributed by atoms with E-state index >= 15 is 0 Å². The van der Waals surface area contributed by atoms with Gasteiger partial charge in [0.2, 0.25) is 0 Å². The first kappa shape index (κ1) is 23.2. The topological polar surface area (TPSA) is 99.5 Å². The van der Waals surface area contributed by atoms with E-state index in [1.54, 1.807) is 38.1 Å². The number of nitrogens with zero attached hydrogens (tertiary/aromatic N) is 2. The molecular formula is C25H23N3O5S. The van der Waals surface area contributed by atoms with Crippen molar-refractivity contribution in [1.29, 1.82) is 0 Å². The number of para-hydroxylation sites is 2. The first-order chi connectivity index (χ1) is 16.4. The van der Waals surface area contributed by atoms with Crippen molar-refractivity contribution in [2.45, 2.75) is 26.5 Å². The number of aromatic nitrogens is 2. The molecule has 0 aliphatic heterocycles. The Bertz CT molecular complexity index is 1410. The van der Waals surface area contributed by atoms with Crippen LogP contribution in [-0.2, 0) is 16.1 Å². The Morgan fingerprint density at radius 2 is 1.82 bits per heavy atom. The zero-order valence-electron chi connectivity index (χ0n) is 18.9. The van der Waals surface area contributed by atoms with E-state index in [1.807, 2.05) is 30.3 Å². The molecule has 34 heavy (non-hydrogen) atoms. The maximum Gasteiger partial charge on any atom is 0.329 e. The van der Waals surface area contributed by atoms with E-state index in [4.69, 9.17) is 9.47 Å². The van der Waals surface area contributed by atoms with Crippen LogP contribution in [0.15, 0.2) is 65.7 Å². The summed E-state index contributed by atoms with van der Waals surface area (Å²) in [7, 11) is 1.52. The van der Waals surface area contributed by atoms with E-state index in [0.29, 0.717) is 32.1 Å². The lowest BCUT2D eigenvalue weighted by molar-refractivity contribution is -0.148. The molecule has 4 aromatic rings. The predicted octanol–water partition coefficient (Wildman–Crippen LogP) is 4.33. The fraction of sp³-hybridized carbons (Fsp3) is 0.200. The van der Waals surface area contributed by atoms with Gasteiger partial charge in [-0.3, -0.25) is 14.2 Å². The van der Waals surface area contributed by atoms with Crippen LogP contribution < -0.4 is 15.6 Å². The van der Waals surface area contributed by atoms with Crippen LogP contribution in [0.1, 0.15) is 33.8 Å². The van der Waals surface area contributed by atoms with Crippen molar-refractivity contribution in [3.05, 3.63) is 87.3 Å². The molecule has 0 spiro atoms. The first-order valence-corrected chi connectivity index (χ1v) is 11.4. The van der Waals surface area contributed by atoms with Gasteiger partial charge in [-0.1, -0.05) is 42.5 Å². The van der Waals surface area contributed by atoms with Crippen LogP contribution in [0.25, 0.3) is 10.2 Å². The van der Waals surface area contributed by atoms with Crippen LogP contribution >= 0.6 is 11.3 Å². The normalized spacial score (nSPS) is 11.7. The Labute approximate surface area is 199 Å². The summed E-state index contributed by atoms with van der Waals surface area (Å²) in [5, 5.41) is 3.13. The molecule has 9 heteroatoms. The first-order valence-electron chi connectivity index (χ1n) is 10.6. The number of hydrogen-bond acceptors (Lipinski definition) is 7. The lowest BCUT2D eigenvalue weighted by Gasteiger charge is -2.14. The van der Waals surface area contributed by atoms with E-state index in [0.717, 1.165) is 16.9 Å². The molecule has 174 valence electrons. The van der Waals surface area contributed by atoms with Gasteiger partial charge in [0.15, 0.2) is 0 Å². The second-order valence-corrected chi connectivity index (χ2v) is 8.62. The summed E-state index contributed by atoms with van der Waals surface area (Å²) in [6, 6.07) is 15.5. The molecule has 0 aliphatic rings. The molecule has 0 saturated carbocycles. The summed E-state index contributed by atoms with van der Waals surface area (Å²) < 4.78 is 11.9. The molecule has 0 aliphatic carbocycles. The Morgan fingerprint density at radius 1 is 1.12 bits per heavy atom. The van der Waals surface area contributed by atoms with Crippen molar-refractivity contribution < 1.29 is 19.1 Å². The molecule has 8 nitrogen and oxygen atoms in total. The average molecular weight is 478 g/mol. The minimum absolute atomic E-state index is 0.110. The third-order valence-corrected chi connectivity index (χ3v) is 6.62. The number of rotatable bonds is 7. The van der Waals surface area contributed by atoms with E-state index in [2.05, 4.69) is 10.3 Å². The van der Waals surface area contributed by atoms with Crippen molar-refractivity contribution in [2.24, 2.45) is 0 Å². The lowest BCUT2D eigenvalue weighted by Crippen LogP contribution is -2.29. The number of esters is 1. The van der Waals surface area contributed by atoms with Crippen molar-refractivity contribution in [3.63, 3.8) is 0 Å². The molecule has 0 saturated heterocycles. The fourth-order valence-corrected chi connectivity index (χ4v) is 4.55. The minimum Gasteiger partial charge on any atom is -0.495 e. The molecule has 0 bridgehead atoms. The van der Waals surface area contributed by atoms with Gasteiger partial charge < -0.3 is 14.8 Å². The second kappa shape index (κ2) is 9.88. The molecule has 1 amide bonds. The van der Waals surface area contributed by atoms with Crippen LogP contribution in [0.3, 0.4) is 0 Å². The van der Waals surface area contributed by atoms with Gasteiger partial charge in [0.25, 0.3) is 11.5 Å². The highest BCUT2D eigenvalue weighted by Gasteiger charge is 2.24. The number of amides is 1. The number of benzene rings is 2. The molecule has 1 N–H and O–H groups in total. The van der Waals surface area contributed by atoms with Gasteiger partial charge in [0.05, 0.1) is 29.4 Å². The quantitative estimate of drug-likeness (QED) is 0.398. The second-order valence-electron chi connectivity index (χ2n) is 7.62. The molecule has 1 unspecified atom stereocenters. The molecule has 0 radical (unpaired) electrons. The summed E-state index contributed by atoms with van der Waals surface area (Å²) >= 11 is 1.12. The highest BCUT2D eigenvalue weighted by atomic mass is 32.1. The number of nitrogens with one attached hydrogen (secondary N) is 1. The van der Waals surface area contributed by atoms with Crippen LogP contribution in [0.4, 0.5) is 5.69 Å². The number of carbonyl (C=O) groups is 2.